The first-order valence-corrected chi connectivity index (χ1v) is 10.4. The summed E-state index contributed by atoms with van der Waals surface area (Å²) < 4.78 is 15.3. The molecule has 1 aromatic carbocycles. The minimum Gasteiger partial charge on any atom is -0.493 e. The van der Waals surface area contributed by atoms with Crippen molar-refractivity contribution in [3.8, 4) is 17.4 Å². The number of rotatable bonds is 5. The predicted molar refractivity (Wildman–Crippen MR) is 116 cm³/mol. The molecule has 32 heavy (non-hydrogen) atoms. The van der Waals surface area contributed by atoms with Gasteiger partial charge < -0.3 is 14.8 Å². The Bertz CT molecular complexity index is 1350. The monoisotopic (exact) mass is 432 g/mol. The standard InChI is InChI=1S/C23H21FN6O2/c1-3-4-5-15-20-25-10-11-30(20)12-16(26-15)18-27-19-17(21(31)28-18)23(2,22(32)29-19)13-6-8-14(24)9-7-13/h6-12H,3-5H2,1-2H3,(H2,27,28,29,31,32). The molecule has 1 amide bonds. The van der Waals surface area contributed by atoms with E-state index in [0.29, 0.717) is 11.3 Å². The van der Waals surface area contributed by atoms with Gasteiger partial charge in [-0.05, 0) is 37.5 Å². The molecule has 0 radical (unpaired) electrons. The number of benzene rings is 1. The zero-order valence-electron chi connectivity index (χ0n) is 17.6. The first kappa shape index (κ1) is 20.0. The first-order valence-electron chi connectivity index (χ1n) is 10.4. The molecule has 0 aliphatic carbocycles. The number of hydrogen-bond acceptors (Lipinski definition) is 6. The number of anilines is 1. The van der Waals surface area contributed by atoms with Crippen LogP contribution in [0.3, 0.4) is 0 Å². The molecule has 4 heterocycles. The number of amides is 1. The second kappa shape index (κ2) is 7.37. The third-order valence-electron chi connectivity index (χ3n) is 5.94. The summed E-state index contributed by atoms with van der Waals surface area (Å²) >= 11 is 0. The average molecular weight is 432 g/mol. The normalized spacial score (nSPS) is 17.5. The number of aromatic nitrogens is 5. The van der Waals surface area contributed by atoms with Gasteiger partial charge in [0, 0.05) is 18.6 Å². The summed E-state index contributed by atoms with van der Waals surface area (Å²) in [5.74, 6) is -0.697. The Morgan fingerprint density at radius 3 is 2.72 bits per heavy atom. The van der Waals surface area contributed by atoms with E-state index in [1.165, 1.54) is 24.3 Å². The zero-order valence-corrected chi connectivity index (χ0v) is 17.6. The van der Waals surface area contributed by atoms with Crippen molar-refractivity contribution in [2.24, 2.45) is 0 Å². The summed E-state index contributed by atoms with van der Waals surface area (Å²) in [5, 5.41) is 13.6. The zero-order chi connectivity index (χ0) is 22.5. The smallest absolute Gasteiger partial charge is 0.240 e. The van der Waals surface area contributed by atoms with Crippen molar-refractivity contribution in [1.82, 2.24) is 24.3 Å². The van der Waals surface area contributed by atoms with Crippen molar-refractivity contribution in [1.29, 1.82) is 0 Å². The summed E-state index contributed by atoms with van der Waals surface area (Å²) in [7, 11) is 0. The van der Waals surface area contributed by atoms with Gasteiger partial charge in [0.15, 0.2) is 11.5 Å². The van der Waals surface area contributed by atoms with Gasteiger partial charge in [0.2, 0.25) is 11.8 Å². The van der Waals surface area contributed by atoms with Crippen molar-refractivity contribution < 1.29 is 14.3 Å². The minimum absolute atomic E-state index is 0.193. The molecule has 9 heteroatoms. The van der Waals surface area contributed by atoms with E-state index in [2.05, 4.69) is 27.2 Å². The van der Waals surface area contributed by atoms with Gasteiger partial charge in [-0.2, -0.15) is 4.98 Å². The third-order valence-corrected chi connectivity index (χ3v) is 5.94. The second-order valence-electron chi connectivity index (χ2n) is 8.01. The Morgan fingerprint density at radius 2 is 1.97 bits per heavy atom. The highest BCUT2D eigenvalue weighted by molar-refractivity contribution is 6.08. The van der Waals surface area contributed by atoms with Crippen molar-refractivity contribution in [2.75, 3.05) is 5.32 Å². The van der Waals surface area contributed by atoms with Gasteiger partial charge in [-0.3, -0.25) is 4.79 Å². The number of carbonyl (C=O) groups excluding carboxylic acids is 1. The number of unbranched alkanes of at least 4 members (excludes halogenated alkanes) is 1. The molecule has 3 aromatic heterocycles. The summed E-state index contributed by atoms with van der Waals surface area (Å²) in [4.78, 5) is 30.8. The lowest BCUT2D eigenvalue weighted by Gasteiger charge is -2.22. The van der Waals surface area contributed by atoms with Crippen LogP contribution in [-0.4, -0.2) is 35.4 Å². The molecule has 1 unspecified atom stereocenters. The van der Waals surface area contributed by atoms with E-state index in [1.54, 1.807) is 19.3 Å². The molecule has 2 N–H and O–H groups in total. The summed E-state index contributed by atoms with van der Waals surface area (Å²) in [6.07, 6.45) is 7.99. The highest BCUT2D eigenvalue weighted by Gasteiger charge is 2.48. The van der Waals surface area contributed by atoms with E-state index in [-0.39, 0.29) is 29.0 Å². The molecule has 4 aromatic rings. The van der Waals surface area contributed by atoms with Crippen LogP contribution in [-0.2, 0) is 16.6 Å². The van der Waals surface area contributed by atoms with Crippen LogP contribution in [0.5, 0.6) is 5.88 Å². The van der Waals surface area contributed by atoms with Gasteiger partial charge in [0.05, 0.1) is 11.3 Å². The molecule has 0 saturated heterocycles. The number of fused-ring (bicyclic) bond motifs is 2. The number of halogens is 1. The predicted octanol–water partition coefficient (Wildman–Crippen LogP) is 3.63. The number of nitrogens with one attached hydrogen (secondary N) is 1. The van der Waals surface area contributed by atoms with Crippen LogP contribution in [0.2, 0.25) is 0 Å². The van der Waals surface area contributed by atoms with E-state index < -0.39 is 11.2 Å². The molecule has 1 atom stereocenters. The van der Waals surface area contributed by atoms with Gasteiger partial charge >= 0.3 is 0 Å². The Hall–Kier alpha value is -3.88. The van der Waals surface area contributed by atoms with E-state index >= 15 is 0 Å². The van der Waals surface area contributed by atoms with Crippen LogP contribution in [0.15, 0.2) is 42.9 Å². The van der Waals surface area contributed by atoms with Crippen LogP contribution < -0.4 is 5.32 Å². The number of hydrogen-bond donors (Lipinski definition) is 2. The summed E-state index contributed by atoms with van der Waals surface area (Å²) in [5.41, 5.74) is 1.58. The Balaban J connectivity index is 1.63. The third kappa shape index (κ3) is 3.00. The lowest BCUT2D eigenvalue weighted by molar-refractivity contribution is -0.119. The van der Waals surface area contributed by atoms with E-state index in [0.717, 1.165) is 30.6 Å². The molecule has 5 rings (SSSR count). The van der Waals surface area contributed by atoms with Crippen molar-refractivity contribution >= 4 is 17.4 Å². The highest BCUT2D eigenvalue weighted by Crippen LogP contribution is 2.46. The highest BCUT2D eigenvalue weighted by atomic mass is 19.1. The fourth-order valence-electron chi connectivity index (χ4n) is 4.14. The van der Waals surface area contributed by atoms with Crippen molar-refractivity contribution in [2.45, 2.75) is 38.5 Å². The summed E-state index contributed by atoms with van der Waals surface area (Å²) in [6, 6.07) is 5.60. The van der Waals surface area contributed by atoms with Crippen molar-refractivity contribution in [3.63, 3.8) is 0 Å². The van der Waals surface area contributed by atoms with Gasteiger partial charge in [0.25, 0.3) is 0 Å². The lowest BCUT2D eigenvalue weighted by atomic mass is 9.78. The van der Waals surface area contributed by atoms with Crippen LogP contribution in [0.1, 0.15) is 43.5 Å². The van der Waals surface area contributed by atoms with Crippen LogP contribution in [0, 0.1) is 5.82 Å². The Labute approximate surface area is 183 Å². The Kier molecular flexibility index (Phi) is 4.61. The number of imidazole rings is 1. The maximum Gasteiger partial charge on any atom is 0.240 e. The topological polar surface area (TPSA) is 105 Å². The van der Waals surface area contributed by atoms with E-state index in [1.807, 2.05) is 10.6 Å². The maximum absolute atomic E-state index is 13.4. The quantitative estimate of drug-likeness (QED) is 0.499. The van der Waals surface area contributed by atoms with E-state index in [9.17, 15) is 14.3 Å². The van der Waals surface area contributed by atoms with Gasteiger partial charge in [-0.1, -0.05) is 25.5 Å². The van der Waals surface area contributed by atoms with E-state index in [4.69, 9.17) is 4.98 Å². The maximum atomic E-state index is 13.4. The molecule has 0 bridgehead atoms. The molecule has 0 fully saturated rings. The molecule has 1 aliphatic heterocycles. The minimum atomic E-state index is -1.25. The fraction of sp³-hybridized carbons (Fsp3) is 0.261. The number of nitrogens with zero attached hydrogens (tertiary/aromatic N) is 5. The average Bonchev–Trinajstić information content (AvgIpc) is 3.35. The molecule has 0 spiro atoms. The Morgan fingerprint density at radius 1 is 1.19 bits per heavy atom. The van der Waals surface area contributed by atoms with Crippen molar-refractivity contribution in [3.05, 3.63) is 65.5 Å². The summed E-state index contributed by atoms with van der Waals surface area (Å²) in [6.45, 7) is 3.76. The molecular weight excluding hydrogens is 411 g/mol. The second-order valence-corrected chi connectivity index (χ2v) is 8.01. The fourth-order valence-corrected chi connectivity index (χ4v) is 4.14. The van der Waals surface area contributed by atoms with Gasteiger partial charge in [-0.15, -0.1) is 0 Å². The molecule has 1 aliphatic rings. The van der Waals surface area contributed by atoms with Crippen LogP contribution >= 0.6 is 0 Å². The number of aryl methyl sites for hydroxylation is 1. The largest absolute Gasteiger partial charge is 0.493 e. The molecule has 8 nitrogen and oxygen atoms in total. The number of aromatic hydroxyl groups is 1. The van der Waals surface area contributed by atoms with Gasteiger partial charge in [0.1, 0.15) is 22.7 Å². The van der Waals surface area contributed by atoms with Crippen LogP contribution in [0.4, 0.5) is 10.2 Å². The molecular formula is C23H21FN6O2. The lowest BCUT2D eigenvalue weighted by Crippen LogP contribution is -2.32. The first-order chi connectivity index (χ1) is 15.4. The molecule has 162 valence electrons. The SMILES string of the molecule is CCCCc1nc(-c2nc(O)c3c(n2)NC(=O)C3(C)c2ccc(F)cc2)cn2ccnc12. The number of carbonyl (C=O) groups is 1. The van der Waals surface area contributed by atoms with Crippen LogP contribution in [0.25, 0.3) is 17.2 Å². The van der Waals surface area contributed by atoms with Gasteiger partial charge in [-0.25, -0.2) is 19.3 Å². The molecule has 0 saturated carbocycles.